The molecule has 1 aromatic rings. The fourth-order valence-corrected chi connectivity index (χ4v) is 1.75. The smallest absolute Gasteiger partial charge is 0.251 e. The third-order valence-electron chi connectivity index (χ3n) is 3.72. The summed E-state index contributed by atoms with van der Waals surface area (Å²) >= 11 is 0. The van der Waals surface area contributed by atoms with Crippen LogP contribution in [0.1, 0.15) is 44.0 Å². The van der Waals surface area contributed by atoms with Crippen molar-refractivity contribution in [1.29, 1.82) is 0 Å². The molecule has 4 heteroatoms. The van der Waals surface area contributed by atoms with Crippen molar-refractivity contribution in [1.82, 2.24) is 5.32 Å². The van der Waals surface area contributed by atoms with Gasteiger partial charge in [0.05, 0.1) is 0 Å². The number of carbonyl (C=O) groups is 2. The third-order valence-corrected chi connectivity index (χ3v) is 3.72. The van der Waals surface area contributed by atoms with Crippen molar-refractivity contribution in [3.05, 3.63) is 29.8 Å². The van der Waals surface area contributed by atoms with Crippen LogP contribution in [0, 0.1) is 11.8 Å². The van der Waals surface area contributed by atoms with Crippen molar-refractivity contribution < 1.29 is 9.59 Å². The lowest BCUT2D eigenvalue weighted by molar-refractivity contribution is -0.117. The molecule has 1 atom stereocenters. The normalized spacial score (nSPS) is 15.8. The molecule has 1 aliphatic carbocycles. The van der Waals surface area contributed by atoms with E-state index in [0.29, 0.717) is 11.5 Å². The summed E-state index contributed by atoms with van der Waals surface area (Å²) in [6.45, 7) is 6.13. The lowest BCUT2D eigenvalue weighted by Crippen LogP contribution is -2.36. The first-order valence-electron chi connectivity index (χ1n) is 7.19. The van der Waals surface area contributed by atoms with E-state index in [-0.39, 0.29) is 23.8 Å². The fraction of sp³-hybridized carbons (Fsp3) is 0.500. The molecule has 2 N–H and O–H groups in total. The van der Waals surface area contributed by atoms with Crippen molar-refractivity contribution >= 4 is 17.5 Å². The van der Waals surface area contributed by atoms with Crippen LogP contribution in [0.5, 0.6) is 0 Å². The van der Waals surface area contributed by atoms with Gasteiger partial charge in [-0.3, -0.25) is 9.59 Å². The first-order valence-corrected chi connectivity index (χ1v) is 7.19. The average molecular weight is 274 g/mol. The zero-order valence-electron chi connectivity index (χ0n) is 12.3. The van der Waals surface area contributed by atoms with Gasteiger partial charge in [0.1, 0.15) is 0 Å². The van der Waals surface area contributed by atoms with Crippen molar-refractivity contribution in [3.63, 3.8) is 0 Å². The van der Waals surface area contributed by atoms with Crippen LogP contribution in [0.3, 0.4) is 0 Å². The summed E-state index contributed by atoms with van der Waals surface area (Å²) in [6, 6.07) is 7.16. The van der Waals surface area contributed by atoms with Gasteiger partial charge in [-0.1, -0.05) is 13.8 Å². The van der Waals surface area contributed by atoms with E-state index in [4.69, 9.17) is 0 Å². The Morgan fingerprint density at radius 3 is 2.20 bits per heavy atom. The van der Waals surface area contributed by atoms with E-state index in [1.165, 1.54) is 0 Å². The van der Waals surface area contributed by atoms with Crippen molar-refractivity contribution in [2.45, 2.75) is 39.7 Å². The van der Waals surface area contributed by atoms with Gasteiger partial charge in [0.25, 0.3) is 5.91 Å². The molecule has 1 unspecified atom stereocenters. The number of hydrogen-bond donors (Lipinski definition) is 2. The molecular formula is C16H22N2O2. The van der Waals surface area contributed by atoms with Gasteiger partial charge < -0.3 is 10.6 Å². The second-order valence-electron chi connectivity index (χ2n) is 5.85. The Morgan fingerprint density at radius 2 is 1.70 bits per heavy atom. The fourth-order valence-electron chi connectivity index (χ4n) is 1.75. The van der Waals surface area contributed by atoms with Crippen LogP contribution in [0.4, 0.5) is 5.69 Å². The second kappa shape index (κ2) is 6.07. The van der Waals surface area contributed by atoms with Crippen LogP contribution < -0.4 is 10.6 Å². The Kier molecular flexibility index (Phi) is 4.42. The summed E-state index contributed by atoms with van der Waals surface area (Å²) in [5.74, 6) is 0.586. The SMILES string of the molecule is CC(C)C(C)NC(=O)c1ccc(NC(=O)C2CC2)cc1. The number of nitrogens with one attached hydrogen (secondary N) is 2. The minimum atomic E-state index is -0.0775. The van der Waals surface area contributed by atoms with Crippen LogP contribution in [-0.2, 0) is 4.79 Å². The number of hydrogen-bond acceptors (Lipinski definition) is 2. The van der Waals surface area contributed by atoms with Crippen LogP contribution in [0.2, 0.25) is 0 Å². The second-order valence-corrected chi connectivity index (χ2v) is 5.85. The highest BCUT2D eigenvalue weighted by molar-refractivity contribution is 5.96. The molecule has 0 aliphatic heterocycles. The molecule has 2 rings (SSSR count). The molecule has 20 heavy (non-hydrogen) atoms. The lowest BCUT2D eigenvalue weighted by atomic mass is 10.1. The van der Waals surface area contributed by atoms with Crippen molar-refractivity contribution in [2.75, 3.05) is 5.32 Å². The molecule has 0 heterocycles. The Morgan fingerprint density at radius 1 is 1.10 bits per heavy atom. The molecule has 1 saturated carbocycles. The number of amides is 2. The molecule has 0 saturated heterocycles. The average Bonchev–Trinajstić information content (AvgIpc) is 3.23. The minimum absolute atomic E-state index is 0.0775. The molecule has 0 bridgehead atoms. The summed E-state index contributed by atoms with van der Waals surface area (Å²) < 4.78 is 0. The Labute approximate surface area is 119 Å². The van der Waals surface area contributed by atoms with Gasteiger partial charge in [0.15, 0.2) is 0 Å². The van der Waals surface area contributed by atoms with E-state index in [1.807, 2.05) is 6.92 Å². The van der Waals surface area contributed by atoms with E-state index in [2.05, 4.69) is 24.5 Å². The molecule has 1 aromatic carbocycles. The van der Waals surface area contributed by atoms with Crippen LogP contribution in [0.15, 0.2) is 24.3 Å². The number of benzene rings is 1. The zero-order chi connectivity index (χ0) is 14.7. The van der Waals surface area contributed by atoms with Gasteiger partial charge in [0.2, 0.25) is 5.91 Å². The topological polar surface area (TPSA) is 58.2 Å². The first-order chi connectivity index (χ1) is 9.47. The summed E-state index contributed by atoms with van der Waals surface area (Å²) in [4.78, 5) is 23.6. The van der Waals surface area contributed by atoms with Gasteiger partial charge in [-0.15, -0.1) is 0 Å². The van der Waals surface area contributed by atoms with Crippen LogP contribution in [-0.4, -0.2) is 17.9 Å². The molecule has 0 aromatic heterocycles. The van der Waals surface area contributed by atoms with E-state index < -0.39 is 0 Å². The summed E-state index contributed by atoms with van der Waals surface area (Å²) in [5.41, 5.74) is 1.36. The Hall–Kier alpha value is -1.84. The lowest BCUT2D eigenvalue weighted by Gasteiger charge is -2.17. The zero-order valence-corrected chi connectivity index (χ0v) is 12.3. The minimum Gasteiger partial charge on any atom is -0.349 e. The highest BCUT2D eigenvalue weighted by Gasteiger charge is 2.29. The van der Waals surface area contributed by atoms with Crippen molar-refractivity contribution in [2.24, 2.45) is 11.8 Å². The predicted molar refractivity (Wildman–Crippen MR) is 79.6 cm³/mol. The van der Waals surface area contributed by atoms with Gasteiger partial charge in [-0.25, -0.2) is 0 Å². The molecule has 2 amide bonds. The summed E-state index contributed by atoms with van der Waals surface area (Å²) in [7, 11) is 0. The van der Waals surface area contributed by atoms with E-state index in [0.717, 1.165) is 18.5 Å². The molecule has 4 nitrogen and oxygen atoms in total. The van der Waals surface area contributed by atoms with Gasteiger partial charge >= 0.3 is 0 Å². The maximum Gasteiger partial charge on any atom is 0.251 e. The molecule has 1 fully saturated rings. The van der Waals surface area contributed by atoms with E-state index in [9.17, 15) is 9.59 Å². The number of anilines is 1. The molecular weight excluding hydrogens is 252 g/mol. The number of carbonyl (C=O) groups excluding carboxylic acids is 2. The van der Waals surface area contributed by atoms with Crippen molar-refractivity contribution in [3.8, 4) is 0 Å². The maximum absolute atomic E-state index is 12.0. The quantitative estimate of drug-likeness (QED) is 0.867. The van der Waals surface area contributed by atoms with E-state index in [1.54, 1.807) is 24.3 Å². The standard InChI is InChI=1S/C16H22N2O2/c1-10(2)11(3)17-15(19)13-6-8-14(9-7-13)18-16(20)12-4-5-12/h6-12H,4-5H2,1-3H3,(H,17,19)(H,18,20). The number of rotatable bonds is 5. The molecule has 0 radical (unpaired) electrons. The maximum atomic E-state index is 12.0. The molecule has 108 valence electrons. The highest BCUT2D eigenvalue weighted by atomic mass is 16.2. The summed E-state index contributed by atoms with van der Waals surface area (Å²) in [6.07, 6.45) is 1.97. The van der Waals surface area contributed by atoms with Crippen LogP contribution >= 0.6 is 0 Å². The third kappa shape index (κ3) is 3.83. The Bertz CT molecular complexity index is 490. The highest BCUT2D eigenvalue weighted by Crippen LogP contribution is 2.30. The van der Waals surface area contributed by atoms with Gasteiger partial charge in [-0.2, -0.15) is 0 Å². The largest absolute Gasteiger partial charge is 0.349 e. The predicted octanol–water partition coefficient (Wildman–Crippen LogP) is 2.81. The molecule has 1 aliphatic rings. The van der Waals surface area contributed by atoms with Gasteiger partial charge in [0, 0.05) is 23.2 Å². The first kappa shape index (κ1) is 14.6. The van der Waals surface area contributed by atoms with Crippen LogP contribution in [0.25, 0.3) is 0 Å². The monoisotopic (exact) mass is 274 g/mol. The summed E-state index contributed by atoms with van der Waals surface area (Å²) in [5, 5.41) is 5.82. The van der Waals surface area contributed by atoms with Gasteiger partial charge in [-0.05, 0) is 49.9 Å². The van der Waals surface area contributed by atoms with E-state index >= 15 is 0 Å². The Balaban J connectivity index is 1.93. The molecule has 0 spiro atoms.